The number of aryl methyl sites for hydroxylation is 1. The van der Waals surface area contributed by atoms with Gasteiger partial charge in [0.15, 0.2) is 0 Å². The molecule has 3 aromatic rings. The number of aliphatic carboxylic acids is 1. The Balaban J connectivity index is 1.33. The summed E-state index contributed by atoms with van der Waals surface area (Å²) in [5, 5.41) is 15.6. The number of pyridine rings is 2. The molecule has 1 amide bonds. The zero-order chi connectivity index (χ0) is 34.5. The summed E-state index contributed by atoms with van der Waals surface area (Å²) < 4.78 is 16.7. The van der Waals surface area contributed by atoms with Crippen LogP contribution in [0.1, 0.15) is 57.7 Å². The molecule has 4 heterocycles. The molecule has 0 spiro atoms. The minimum Gasteiger partial charge on any atom is -0.496 e. The molecule has 11 nitrogen and oxygen atoms in total. The van der Waals surface area contributed by atoms with Crippen LogP contribution in [-0.4, -0.2) is 83.3 Å². The van der Waals surface area contributed by atoms with Crippen LogP contribution in [0.2, 0.25) is 0 Å². The number of hydrogen-bond acceptors (Lipinski definition) is 9. The molecule has 2 unspecified atom stereocenters. The van der Waals surface area contributed by atoms with Crippen molar-refractivity contribution in [1.29, 1.82) is 0 Å². The van der Waals surface area contributed by atoms with Crippen molar-refractivity contribution in [3.8, 4) is 11.6 Å². The van der Waals surface area contributed by atoms with Gasteiger partial charge in [-0.25, -0.2) is 4.98 Å². The van der Waals surface area contributed by atoms with Crippen molar-refractivity contribution in [3.05, 3.63) is 101 Å². The highest BCUT2D eigenvalue weighted by Gasteiger charge is 2.45. The van der Waals surface area contributed by atoms with Gasteiger partial charge in [0.1, 0.15) is 23.0 Å². The third-order valence-corrected chi connectivity index (χ3v) is 10.1. The second-order valence-corrected chi connectivity index (χ2v) is 13.1. The van der Waals surface area contributed by atoms with E-state index in [-0.39, 0.29) is 11.7 Å². The van der Waals surface area contributed by atoms with Crippen molar-refractivity contribution in [1.82, 2.24) is 25.5 Å². The predicted octanol–water partition coefficient (Wildman–Crippen LogP) is 4.62. The van der Waals surface area contributed by atoms with E-state index < -0.39 is 28.8 Å². The maximum atomic E-state index is 14.2. The molecule has 49 heavy (non-hydrogen) atoms. The van der Waals surface area contributed by atoms with Crippen molar-refractivity contribution in [2.75, 3.05) is 34.0 Å². The largest absolute Gasteiger partial charge is 0.496 e. The first-order chi connectivity index (χ1) is 23.7. The Morgan fingerprint density at radius 3 is 2.65 bits per heavy atom. The van der Waals surface area contributed by atoms with Gasteiger partial charge < -0.3 is 30.0 Å². The van der Waals surface area contributed by atoms with E-state index in [2.05, 4.69) is 15.6 Å². The van der Waals surface area contributed by atoms with Crippen molar-refractivity contribution in [2.24, 2.45) is 0 Å². The number of hydrogen-bond donors (Lipinski definition) is 3. The van der Waals surface area contributed by atoms with E-state index in [1.54, 1.807) is 19.4 Å². The molecule has 2 fully saturated rings. The van der Waals surface area contributed by atoms with Crippen LogP contribution in [0.15, 0.2) is 66.9 Å². The maximum Gasteiger partial charge on any atom is 0.320 e. The van der Waals surface area contributed by atoms with Crippen LogP contribution in [0.4, 0.5) is 0 Å². The fraction of sp³-hybridized carbons (Fsp3) is 0.405. The zero-order valence-electron chi connectivity index (χ0n) is 27.9. The van der Waals surface area contributed by atoms with Crippen molar-refractivity contribution >= 4 is 29.1 Å². The molecule has 258 valence electrons. The molecule has 3 N–H and O–H groups in total. The van der Waals surface area contributed by atoms with Crippen LogP contribution in [0.3, 0.4) is 0 Å². The molecule has 2 saturated heterocycles. The van der Waals surface area contributed by atoms with Crippen LogP contribution >= 0.6 is 11.6 Å². The number of nitrogens with one attached hydrogen (secondary N) is 2. The molecule has 0 bridgehead atoms. The molecule has 1 aliphatic carbocycles. The number of halogens is 1. The monoisotopic (exact) mass is 687 g/mol. The third kappa shape index (κ3) is 7.21. The van der Waals surface area contributed by atoms with E-state index in [0.29, 0.717) is 62.2 Å². The number of likely N-dealkylation sites (tertiary alicyclic amines) is 1. The van der Waals surface area contributed by atoms with Crippen LogP contribution in [-0.2, 0) is 28.2 Å². The molecule has 3 atom stereocenters. The van der Waals surface area contributed by atoms with Gasteiger partial charge in [-0.15, -0.1) is 11.6 Å². The highest BCUT2D eigenvalue weighted by atomic mass is 35.5. The quantitative estimate of drug-likeness (QED) is 0.232. The summed E-state index contributed by atoms with van der Waals surface area (Å²) in [4.78, 5) is 37.4. The Morgan fingerprint density at radius 2 is 1.94 bits per heavy atom. The summed E-state index contributed by atoms with van der Waals surface area (Å²) >= 11 is 7.43. The minimum absolute atomic E-state index is 0.119. The van der Waals surface area contributed by atoms with E-state index in [1.165, 1.54) is 7.11 Å². The number of nitrogens with zero attached hydrogens (tertiary/aromatic N) is 3. The van der Waals surface area contributed by atoms with Crippen LogP contribution in [0.5, 0.6) is 11.6 Å². The lowest BCUT2D eigenvalue weighted by atomic mass is 9.79. The van der Waals surface area contributed by atoms with Crippen molar-refractivity contribution in [2.45, 2.75) is 62.3 Å². The Kier molecular flexibility index (Phi) is 10.6. The lowest BCUT2D eigenvalue weighted by Gasteiger charge is -2.39. The lowest BCUT2D eigenvalue weighted by molar-refractivity contribution is -0.144. The first kappa shape index (κ1) is 34.6. The normalized spacial score (nSPS) is 22.6. The number of ether oxygens (including phenoxy) is 3. The van der Waals surface area contributed by atoms with E-state index >= 15 is 0 Å². The van der Waals surface area contributed by atoms with E-state index in [9.17, 15) is 14.7 Å². The number of carboxylic acid groups (broad SMARTS) is 1. The molecular weight excluding hydrogens is 646 g/mol. The lowest BCUT2D eigenvalue weighted by Crippen LogP contribution is -2.52. The van der Waals surface area contributed by atoms with Gasteiger partial charge in [-0.2, -0.15) is 0 Å². The standard InChI is InChI=1S/C37H42ClN5O6/c1-23-9-4-5-10-27(23)28-11-8-15-37(33(28)38,32-14-13-24(35(41-32)48-3)18-39-26-21-49-22-26)42-34(44)29-17-31(47-2)25(19-40-29)20-43-16-7-6-12-30(43)36(45)46/h4-5,8-11,13-15,17,19,26,30,33,39H,6-7,12,16,18,20-22H2,1-3H3,(H,42,44)(H,45,46)/t30-,33?,37?/m0/s1. The number of rotatable bonds is 12. The smallest absolute Gasteiger partial charge is 0.320 e. The number of carbonyl (C=O) groups excluding carboxylic acids is 1. The summed E-state index contributed by atoms with van der Waals surface area (Å²) in [7, 11) is 3.09. The molecule has 0 radical (unpaired) electrons. The number of allylic oxidation sites excluding steroid dienone is 2. The summed E-state index contributed by atoms with van der Waals surface area (Å²) in [6.45, 7) is 4.89. The summed E-state index contributed by atoms with van der Waals surface area (Å²) in [5.74, 6) is -0.459. The number of amides is 1. The Bertz CT molecular complexity index is 1760. The molecule has 1 aromatic carbocycles. The average molecular weight is 688 g/mol. The van der Waals surface area contributed by atoms with Gasteiger partial charge in [0, 0.05) is 36.5 Å². The predicted molar refractivity (Wildman–Crippen MR) is 186 cm³/mol. The first-order valence-electron chi connectivity index (χ1n) is 16.5. The molecule has 6 rings (SSSR count). The average Bonchev–Trinajstić information content (AvgIpc) is 3.09. The SMILES string of the molecule is COc1cc(C(=O)NC2(c3ccc(CNC4COC4)c(OC)n3)C=CC=C(c3ccccc3C)C2Cl)ncc1CN1CCCC[C@H]1C(=O)O. The Hall–Kier alpha value is -4.29. The number of aromatic nitrogens is 2. The van der Waals surface area contributed by atoms with Gasteiger partial charge in [0.2, 0.25) is 5.88 Å². The highest BCUT2D eigenvalue weighted by Crippen LogP contribution is 2.42. The second kappa shape index (κ2) is 15.1. The number of alkyl halides is 1. The number of piperidine rings is 1. The van der Waals surface area contributed by atoms with Crippen LogP contribution < -0.4 is 20.1 Å². The minimum atomic E-state index is -1.29. The van der Waals surface area contributed by atoms with Crippen molar-refractivity contribution in [3.63, 3.8) is 0 Å². The van der Waals surface area contributed by atoms with Crippen LogP contribution in [0, 0.1) is 6.92 Å². The van der Waals surface area contributed by atoms with Gasteiger partial charge in [0.05, 0.1) is 44.5 Å². The van der Waals surface area contributed by atoms with E-state index in [0.717, 1.165) is 35.1 Å². The summed E-state index contributed by atoms with van der Waals surface area (Å²) in [6.07, 6.45) is 9.65. The van der Waals surface area contributed by atoms with Gasteiger partial charge in [-0.1, -0.05) is 55.0 Å². The first-order valence-corrected chi connectivity index (χ1v) is 16.9. The van der Waals surface area contributed by atoms with E-state index in [4.69, 9.17) is 30.8 Å². The fourth-order valence-corrected chi connectivity index (χ4v) is 7.10. The van der Waals surface area contributed by atoms with Gasteiger partial charge in [-0.05, 0) is 49.1 Å². The number of methoxy groups -OCH3 is 2. The Morgan fingerprint density at radius 1 is 1.12 bits per heavy atom. The zero-order valence-corrected chi connectivity index (χ0v) is 28.7. The van der Waals surface area contributed by atoms with E-state index in [1.807, 2.05) is 66.4 Å². The summed E-state index contributed by atoms with van der Waals surface area (Å²) in [6, 6.07) is 13.1. The number of carbonyl (C=O) groups is 2. The second-order valence-electron chi connectivity index (χ2n) is 12.7. The highest BCUT2D eigenvalue weighted by molar-refractivity contribution is 6.28. The number of carboxylic acids is 1. The van der Waals surface area contributed by atoms with Gasteiger partial charge in [-0.3, -0.25) is 19.5 Å². The third-order valence-electron chi connectivity index (χ3n) is 9.53. The molecular formula is C37H42ClN5O6. The molecule has 2 aromatic heterocycles. The van der Waals surface area contributed by atoms with Gasteiger partial charge >= 0.3 is 5.97 Å². The summed E-state index contributed by atoms with van der Waals surface area (Å²) in [5.41, 5.74) is 3.72. The van der Waals surface area contributed by atoms with Crippen LogP contribution in [0.25, 0.3) is 5.57 Å². The topological polar surface area (TPSA) is 135 Å². The Labute approximate surface area is 291 Å². The van der Waals surface area contributed by atoms with Crippen molar-refractivity contribution < 1.29 is 28.9 Å². The molecule has 3 aliphatic rings. The fourth-order valence-electron chi connectivity index (χ4n) is 6.67. The molecule has 0 saturated carbocycles. The molecule has 2 aliphatic heterocycles. The van der Waals surface area contributed by atoms with Gasteiger partial charge in [0.25, 0.3) is 5.91 Å². The maximum absolute atomic E-state index is 14.2. The molecule has 12 heteroatoms. The number of benzene rings is 1.